The molecular formula is C20H22N4O2. The lowest BCUT2D eigenvalue weighted by Gasteiger charge is -2.31. The SMILES string of the molecule is CCc1cc(C(=O)N2CCC(c3nc4ccccc4cc3N)CC2)on1. The number of pyridine rings is 1. The molecule has 1 fully saturated rings. The van der Waals surface area contributed by atoms with Crippen LogP contribution in [0.2, 0.25) is 0 Å². The summed E-state index contributed by atoms with van der Waals surface area (Å²) in [7, 11) is 0. The molecule has 1 saturated heterocycles. The van der Waals surface area contributed by atoms with Gasteiger partial charge in [-0.2, -0.15) is 0 Å². The number of likely N-dealkylation sites (tertiary alicyclic amines) is 1. The van der Waals surface area contributed by atoms with Crippen LogP contribution in [0.25, 0.3) is 10.9 Å². The number of piperidine rings is 1. The Morgan fingerprint density at radius 3 is 2.77 bits per heavy atom. The zero-order valence-electron chi connectivity index (χ0n) is 14.8. The second-order valence-corrected chi connectivity index (χ2v) is 6.76. The lowest BCUT2D eigenvalue weighted by Crippen LogP contribution is -2.38. The van der Waals surface area contributed by atoms with E-state index in [0.29, 0.717) is 18.8 Å². The highest BCUT2D eigenvalue weighted by Gasteiger charge is 2.28. The predicted molar refractivity (Wildman–Crippen MR) is 99.9 cm³/mol. The van der Waals surface area contributed by atoms with Crippen LogP contribution >= 0.6 is 0 Å². The summed E-state index contributed by atoms with van der Waals surface area (Å²) in [5.41, 5.74) is 9.70. The number of hydrogen-bond donors (Lipinski definition) is 1. The Kier molecular flexibility index (Phi) is 4.32. The van der Waals surface area contributed by atoms with Crippen molar-refractivity contribution in [3.8, 4) is 0 Å². The van der Waals surface area contributed by atoms with Gasteiger partial charge in [-0.05, 0) is 31.4 Å². The Balaban J connectivity index is 1.48. The first kappa shape index (κ1) is 16.6. The average Bonchev–Trinajstić information content (AvgIpc) is 3.16. The number of rotatable bonds is 3. The number of hydrogen-bond acceptors (Lipinski definition) is 5. The fourth-order valence-electron chi connectivity index (χ4n) is 3.57. The number of nitrogens with zero attached hydrogens (tertiary/aromatic N) is 3. The van der Waals surface area contributed by atoms with Crippen molar-refractivity contribution in [2.75, 3.05) is 18.8 Å². The monoisotopic (exact) mass is 350 g/mol. The highest BCUT2D eigenvalue weighted by Crippen LogP contribution is 2.32. The number of fused-ring (bicyclic) bond motifs is 1. The maximum Gasteiger partial charge on any atom is 0.292 e. The van der Waals surface area contributed by atoms with Crippen LogP contribution in [-0.4, -0.2) is 34.0 Å². The number of para-hydroxylation sites is 1. The van der Waals surface area contributed by atoms with Crippen LogP contribution in [0.3, 0.4) is 0 Å². The van der Waals surface area contributed by atoms with Gasteiger partial charge in [-0.1, -0.05) is 30.3 Å². The molecule has 2 aromatic heterocycles. The van der Waals surface area contributed by atoms with E-state index in [0.717, 1.165) is 47.2 Å². The normalized spacial score (nSPS) is 15.5. The summed E-state index contributed by atoms with van der Waals surface area (Å²) in [4.78, 5) is 19.2. The Bertz CT molecular complexity index is 942. The number of aromatic nitrogens is 2. The van der Waals surface area contributed by atoms with Crippen LogP contribution in [0.1, 0.15) is 47.6 Å². The molecule has 0 atom stereocenters. The highest BCUT2D eigenvalue weighted by atomic mass is 16.5. The predicted octanol–water partition coefficient (Wildman–Crippen LogP) is 3.39. The Morgan fingerprint density at radius 1 is 1.27 bits per heavy atom. The molecule has 3 heterocycles. The van der Waals surface area contributed by atoms with Crippen molar-refractivity contribution >= 4 is 22.5 Å². The van der Waals surface area contributed by atoms with Crippen LogP contribution in [0.4, 0.5) is 5.69 Å². The molecule has 1 aliphatic heterocycles. The van der Waals surface area contributed by atoms with Gasteiger partial charge in [0.2, 0.25) is 5.76 Å². The zero-order chi connectivity index (χ0) is 18.1. The maximum absolute atomic E-state index is 12.6. The fraction of sp³-hybridized carbons (Fsp3) is 0.350. The fourth-order valence-corrected chi connectivity index (χ4v) is 3.57. The second-order valence-electron chi connectivity index (χ2n) is 6.76. The molecule has 0 saturated carbocycles. The van der Waals surface area contributed by atoms with Gasteiger partial charge >= 0.3 is 0 Å². The molecule has 0 unspecified atom stereocenters. The quantitative estimate of drug-likeness (QED) is 0.782. The van der Waals surface area contributed by atoms with Gasteiger partial charge in [0, 0.05) is 30.5 Å². The van der Waals surface area contributed by atoms with Gasteiger partial charge in [-0.15, -0.1) is 0 Å². The third-order valence-corrected chi connectivity index (χ3v) is 5.09. The minimum absolute atomic E-state index is 0.0879. The Morgan fingerprint density at radius 2 is 2.04 bits per heavy atom. The minimum atomic E-state index is -0.0879. The highest BCUT2D eigenvalue weighted by molar-refractivity contribution is 5.91. The Hall–Kier alpha value is -2.89. The van der Waals surface area contributed by atoms with Gasteiger partial charge in [-0.3, -0.25) is 9.78 Å². The number of amides is 1. The molecule has 3 aromatic rings. The summed E-state index contributed by atoms with van der Waals surface area (Å²) in [5.74, 6) is 0.503. The zero-order valence-corrected chi connectivity index (χ0v) is 14.8. The molecule has 0 aliphatic carbocycles. The maximum atomic E-state index is 12.6. The molecular weight excluding hydrogens is 328 g/mol. The summed E-state index contributed by atoms with van der Waals surface area (Å²) in [6, 6.07) is 11.7. The summed E-state index contributed by atoms with van der Waals surface area (Å²) in [5, 5.41) is 4.96. The summed E-state index contributed by atoms with van der Waals surface area (Å²) in [6.07, 6.45) is 2.44. The standard InChI is InChI=1S/C20H22N4O2/c1-2-15-12-18(26-23-15)20(25)24-9-7-13(8-10-24)19-16(21)11-14-5-3-4-6-17(14)22-19/h3-6,11-13H,2,7-10,21H2,1H3. The van der Waals surface area contributed by atoms with Crippen molar-refractivity contribution in [1.82, 2.24) is 15.0 Å². The third kappa shape index (κ3) is 3.03. The number of benzene rings is 1. The molecule has 1 aromatic carbocycles. The van der Waals surface area contributed by atoms with Gasteiger partial charge in [0.1, 0.15) is 0 Å². The first-order chi connectivity index (χ1) is 12.7. The van der Waals surface area contributed by atoms with Crippen molar-refractivity contribution < 1.29 is 9.32 Å². The van der Waals surface area contributed by atoms with Crippen LogP contribution in [0.15, 0.2) is 40.9 Å². The van der Waals surface area contributed by atoms with E-state index < -0.39 is 0 Å². The van der Waals surface area contributed by atoms with Crippen LogP contribution in [-0.2, 0) is 6.42 Å². The number of nitrogen functional groups attached to an aromatic ring is 1. The lowest BCUT2D eigenvalue weighted by atomic mass is 9.91. The number of aryl methyl sites for hydroxylation is 1. The van der Waals surface area contributed by atoms with E-state index in [9.17, 15) is 4.79 Å². The largest absolute Gasteiger partial charge is 0.397 e. The molecule has 134 valence electrons. The molecule has 0 spiro atoms. The van der Waals surface area contributed by atoms with E-state index in [2.05, 4.69) is 5.16 Å². The van der Waals surface area contributed by atoms with Crippen molar-refractivity contribution in [3.63, 3.8) is 0 Å². The van der Waals surface area contributed by atoms with Gasteiger partial charge < -0.3 is 15.2 Å². The summed E-state index contributed by atoms with van der Waals surface area (Å²) < 4.78 is 5.18. The Labute approximate surface area is 152 Å². The van der Waals surface area contributed by atoms with Gasteiger partial charge in [0.15, 0.2) is 0 Å². The van der Waals surface area contributed by atoms with Crippen molar-refractivity contribution in [3.05, 3.63) is 53.5 Å². The number of anilines is 1. The van der Waals surface area contributed by atoms with Crippen LogP contribution < -0.4 is 5.73 Å². The van der Waals surface area contributed by atoms with Crippen LogP contribution in [0, 0.1) is 0 Å². The molecule has 6 nitrogen and oxygen atoms in total. The molecule has 4 rings (SSSR count). The summed E-state index contributed by atoms with van der Waals surface area (Å²) >= 11 is 0. The second kappa shape index (κ2) is 6.78. The van der Waals surface area contributed by atoms with Gasteiger partial charge in [-0.25, -0.2) is 0 Å². The van der Waals surface area contributed by atoms with E-state index in [1.807, 2.05) is 42.2 Å². The third-order valence-electron chi connectivity index (χ3n) is 5.09. The van der Waals surface area contributed by atoms with E-state index in [1.54, 1.807) is 6.07 Å². The summed E-state index contributed by atoms with van der Waals surface area (Å²) in [6.45, 7) is 3.32. The van der Waals surface area contributed by atoms with Crippen LogP contribution in [0.5, 0.6) is 0 Å². The molecule has 1 aliphatic rings. The number of carbonyl (C=O) groups excluding carboxylic acids is 1. The van der Waals surface area contributed by atoms with E-state index in [1.165, 1.54) is 0 Å². The number of nitrogens with two attached hydrogens (primary N) is 1. The first-order valence-electron chi connectivity index (χ1n) is 9.05. The molecule has 2 N–H and O–H groups in total. The van der Waals surface area contributed by atoms with Crippen molar-refractivity contribution in [1.29, 1.82) is 0 Å². The molecule has 1 amide bonds. The smallest absolute Gasteiger partial charge is 0.292 e. The molecule has 26 heavy (non-hydrogen) atoms. The minimum Gasteiger partial charge on any atom is -0.397 e. The lowest BCUT2D eigenvalue weighted by molar-refractivity contribution is 0.0670. The molecule has 0 bridgehead atoms. The molecule has 6 heteroatoms. The van der Waals surface area contributed by atoms with Gasteiger partial charge in [0.25, 0.3) is 5.91 Å². The first-order valence-corrected chi connectivity index (χ1v) is 9.05. The van der Waals surface area contributed by atoms with Crippen molar-refractivity contribution in [2.45, 2.75) is 32.1 Å². The van der Waals surface area contributed by atoms with Crippen molar-refractivity contribution in [2.24, 2.45) is 0 Å². The van der Waals surface area contributed by atoms with E-state index in [4.69, 9.17) is 15.2 Å². The van der Waals surface area contributed by atoms with E-state index >= 15 is 0 Å². The average molecular weight is 350 g/mol. The number of carbonyl (C=O) groups is 1. The van der Waals surface area contributed by atoms with E-state index in [-0.39, 0.29) is 11.8 Å². The van der Waals surface area contributed by atoms with Gasteiger partial charge in [0.05, 0.1) is 22.6 Å². The topological polar surface area (TPSA) is 85.2 Å². The molecule has 0 radical (unpaired) electrons.